The number of aryl methyl sites for hydroxylation is 2. The topological polar surface area (TPSA) is 58.1 Å². The summed E-state index contributed by atoms with van der Waals surface area (Å²) in [5.74, 6) is 1.18. The van der Waals surface area contributed by atoms with Crippen molar-refractivity contribution in [1.29, 1.82) is 0 Å². The second-order valence-corrected chi connectivity index (χ2v) is 4.92. The van der Waals surface area contributed by atoms with E-state index in [9.17, 15) is 5.11 Å². The molecular formula is C16H16N2O2. The summed E-state index contributed by atoms with van der Waals surface area (Å²) in [5, 5.41) is 10.2. The van der Waals surface area contributed by atoms with Gasteiger partial charge < -0.3 is 14.8 Å². The zero-order valence-corrected chi connectivity index (χ0v) is 11.7. The van der Waals surface area contributed by atoms with Crippen molar-refractivity contribution in [3.05, 3.63) is 41.5 Å². The van der Waals surface area contributed by atoms with E-state index in [1.165, 1.54) is 12.7 Å². The van der Waals surface area contributed by atoms with Crippen LogP contribution in [0.15, 0.2) is 30.3 Å². The molecule has 0 aliphatic heterocycles. The summed E-state index contributed by atoms with van der Waals surface area (Å²) in [6.07, 6.45) is 0. The van der Waals surface area contributed by atoms with Crippen molar-refractivity contribution in [2.75, 3.05) is 7.11 Å². The molecule has 0 spiro atoms. The molecule has 0 fully saturated rings. The number of imidazole rings is 1. The van der Waals surface area contributed by atoms with Crippen LogP contribution in [-0.2, 0) is 0 Å². The number of hydrogen-bond donors (Lipinski definition) is 2. The maximum absolute atomic E-state index is 10.2. The molecule has 0 saturated carbocycles. The summed E-state index contributed by atoms with van der Waals surface area (Å²) in [7, 11) is 1.53. The number of fused-ring (bicyclic) bond motifs is 1. The number of nitrogens with zero attached hydrogens (tertiary/aromatic N) is 1. The third-order valence-electron chi connectivity index (χ3n) is 3.40. The molecule has 0 atom stereocenters. The first-order valence-corrected chi connectivity index (χ1v) is 6.43. The summed E-state index contributed by atoms with van der Waals surface area (Å²) >= 11 is 0. The van der Waals surface area contributed by atoms with E-state index in [-0.39, 0.29) is 5.75 Å². The highest BCUT2D eigenvalue weighted by Crippen LogP contribution is 2.36. The van der Waals surface area contributed by atoms with Crippen molar-refractivity contribution < 1.29 is 9.84 Å². The van der Waals surface area contributed by atoms with Gasteiger partial charge in [-0.1, -0.05) is 12.1 Å². The Morgan fingerprint density at radius 2 is 2.00 bits per heavy atom. The maximum Gasteiger partial charge on any atom is 0.168 e. The lowest BCUT2D eigenvalue weighted by molar-refractivity contribution is 0.374. The Bertz CT molecular complexity index is 791. The van der Waals surface area contributed by atoms with Gasteiger partial charge in [0.05, 0.1) is 23.7 Å². The Morgan fingerprint density at radius 1 is 1.20 bits per heavy atom. The van der Waals surface area contributed by atoms with E-state index in [2.05, 4.69) is 29.0 Å². The number of hydrogen-bond acceptors (Lipinski definition) is 3. The number of aromatic nitrogens is 2. The molecule has 20 heavy (non-hydrogen) atoms. The first-order valence-electron chi connectivity index (χ1n) is 6.43. The summed E-state index contributed by atoms with van der Waals surface area (Å²) in [5.41, 5.74) is 4.83. The van der Waals surface area contributed by atoms with E-state index in [0.29, 0.717) is 17.1 Å². The van der Waals surface area contributed by atoms with E-state index in [1.54, 1.807) is 6.07 Å². The first kappa shape index (κ1) is 12.5. The van der Waals surface area contributed by atoms with E-state index in [0.717, 1.165) is 16.6 Å². The number of benzene rings is 2. The average molecular weight is 268 g/mol. The molecule has 3 aromatic rings. The molecule has 102 valence electrons. The molecule has 0 radical (unpaired) electrons. The molecule has 0 saturated heterocycles. The number of methoxy groups -OCH3 is 1. The van der Waals surface area contributed by atoms with Crippen LogP contribution in [-0.4, -0.2) is 22.2 Å². The van der Waals surface area contributed by atoms with Crippen molar-refractivity contribution >= 4 is 11.0 Å². The van der Waals surface area contributed by atoms with Crippen LogP contribution in [0.2, 0.25) is 0 Å². The predicted molar refractivity (Wildman–Crippen MR) is 79.2 cm³/mol. The number of aromatic hydroxyl groups is 1. The fourth-order valence-electron chi connectivity index (χ4n) is 2.48. The van der Waals surface area contributed by atoms with Crippen LogP contribution < -0.4 is 4.74 Å². The molecule has 4 nitrogen and oxygen atoms in total. The van der Waals surface area contributed by atoms with Crippen LogP contribution in [0.25, 0.3) is 22.4 Å². The molecular weight excluding hydrogens is 252 g/mol. The standard InChI is InChI=1S/C16H16N2O2/c1-9-7-10(2)14-12(8-9)17-16(18-14)11-5-4-6-13(20-3)15(11)19/h4-8,19H,1-3H3,(H,17,18). The number of phenolic OH excluding ortho intramolecular Hbond substituents is 1. The highest BCUT2D eigenvalue weighted by molar-refractivity contribution is 5.84. The number of rotatable bonds is 2. The van der Waals surface area contributed by atoms with Crippen LogP contribution in [0.1, 0.15) is 11.1 Å². The molecule has 0 amide bonds. The SMILES string of the molecule is COc1cccc(-c2nc3c(C)cc(C)cc3[nH]2)c1O. The predicted octanol–water partition coefficient (Wildman–Crippen LogP) is 3.56. The van der Waals surface area contributed by atoms with Gasteiger partial charge in [-0.15, -0.1) is 0 Å². The third-order valence-corrected chi connectivity index (χ3v) is 3.40. The minimum atomic E-state index is 0.100. The molecule has 0 unspecified atom stereocenters. The van der Waals surface area contributed by atoms with E-state index in [4.69, 9.17) is 4.74 Å². The lowest BCUT2D eigenvalue weighted by Crippen LogP contribution is -1.87. The highest BCUT2D eigenvalue weighted by atomic mass is 16.5. The smallest absolute Gasteiger partial charge is 0.168 e. The molecule has 0 aliphatic carbocycles. The minimum absolute atomic E-state index is 0.100. The van der Waals surface area contributed by atoms with Crippen LogP contribution in [0, 0.1) is 13.8 Å². The second-order valence-electron chi connectivity index (χ2n) is 4.92. The summed E-state index contributed by atoms with van der Waals surface area (Å²) in [6, 6.07) is 9.52. The highest BCUT2D eigenvalue weighted by Gasteiger charge is 2.14. The minimum Gasteiger partial charge on any atom is -0.504 e. The molecule has 0 bridgehead atoms. The molecule has 4 heteroatoms. The van der Waals surface area contributed by atoms with E-state index >= 15 is 0 Å². The van der Waals surface area contributed by atoms with Gasteiger partial charge in [-0.3, -0.25) is 0 Å². The zero-order chi connectivity index (χ0) is 14.3. The fourth-order valence-corrected chi connectivity index (χ4v) is 2.48. The Balaban J connectivity index is 2.23. The largest absolute Gasteiger partial charge is 0.504 e. The summed E-state index contributed by atoms with van der Waals surface area (Å²) < 4.78 is 5.13. The average Bonchev–Trinajstić information content (AvgIpc) is 2.83. The normalized spacial score (nSPS) is 10.9. The Hall–Kier alpha value is -2.49. The Kier molecular flexibility index (Phi) is 2.86. The number of H-pyrrole nitrogens is 1. The molecule has 1 aromatic heterocycles. The Morgan fingerprint density at radius 3 is 2.75 bits per heavy atom. The molecule has 0 aliphatic rings. The molecule has 2 aromatic carbocycles. The van der Waals surface area contributed by atoms with Crippen molar-refractivity contribution in [1.82, 2.24) is 9.97 Å². The number of phenols is 1. The van der Waals surface area contributed by atoms with Gasteiger partial charge in [0.15, 0.2) is 11.5 Å². The number of para-hydroxylation sites is 1. The number of ether oxygens (including phenoxy) is 1. The fraction of sp³-hybridized carbons (Fsp3) is 0.188. The van der Waals surface area contributed by atoms with Gasteiger partial charge in [-0.25, -0.2) is 4.98 Å². The van der Waals surface area contributed by atoms with E-state index < -0.39 is 0 Å². The lowest BCUT2D eigenvalue weighted by Gasteiger charge is -2.06. The third kappa shape index (κ3) is 1.90. The molecule has 2 N–H and O–H groups in total. The zero-order valence-electron chi connectivity index (χ0n) is 11.7. The van der Waals surface area contributed by atoms with Gasteiger partial charge in [0.1, 0.15) is 5.82 Å². The summed E-state index contributed by atoms with van der Waals surface area (Å²) in [4.78, 5) is 7.85. The van der Waals surface area contributed by atoms with Crippen LogP contribution in [0.3, 0.4) is 0 Å². The van der Waals surface area contributed by atoms with E-state index in [1.807, 2.05) is 19.1 Å². The quantitative estimate of drug-likeness (QED) is 0.747. The second kappa shape index (κ2) is 4.56. The number of aromatic amines is 1. The lowest BCUT2D eigenvalue weighted by atomic mass is 10.1. The number of nitrogens with one attached hydrogen (secondary N) is 1. The van der Waals surface area contributed by atoms with Gasteiger partial charge >= 0.3 is 0 Å². The van der Waals surface area contributed by atoms with Crippen molar-refractivity contribution in [3.63, 3.8) is 0 Å². The van der Waals surface area contributed by atoms with Crippen LogP contribution in [0.4, 0.5) is 0 Å². The monoisotopic (exact) mass is 268 g/mol. The van der Waals surface area contributed by atoms with Crippen LogP contribution in [0.5, 0.6) is 11.5 Å². The van der Waals surface area contributed by atoms with Gasteiger partial charge in [-0.2, -0.15) is 0 Å². The van der Waals surface area contributed by atoms with Gasteiger partial charge in [-0.05, 0) is 43.2 Å². The summed E-state index contributed by atoms with van der Waals surface area (Å²) in [6.45, 7) is 4.08. The van der Waals surface area contributed by atoms with Crippen molar-refractivity contribution in [3.8, 4) is 22.9 Å². The maximum atomic E-state index is 10.2. The van der Waals surface area contributed by atoms with Crippen molar-refractivity contribution in [2.24, 2.45) is 0 Å². The first-order chi connectivity index (χ1) is 9.60. The Labute approximate surface area is 117 Å². The van der Waals surface area contributed by atoms with Gasteiger partial charge in [0.25, 0.3) is 0 Å². The van der Waals surface area contributed by atoms with Crippen molar-refractivity contribution in [2.45, 2.75) is 13.8 Å². The molecule has 3 rings (SSSR count). The van der Waals surface area contributed by atoms with Crippen LogP contribution >= 0.6 is 0 Å². The molecule has 1 heterocycles. The van der Waals surface area contributed by atoms with Gasteiger partial charge in [0, 0.05) is 0 Å². The van der Waals surface area contributed by atoms with Gasteiger partial charge in [0.2, 0.25) is 0 Å².